The van der Waals surface area contributed by atoms with Crippen LogP contribution in [0.25, 0.3) is 6.08 Å². The molecule has 4 nitrogen and oxygen atoms in total. The molecule has 1 N–H and O–H groups in total. The van der Waals surface area contributed by atoms with Crippen molar-refractivity contribution in [1.29, 1.82) is 0 Å². The van der Waals surface area contributed by atoms with Gasteiger partial charge in [-0.2, -0.15) is 0 Å². The van der Waals surface area contributed by atoms with Crippen LogP contribution >= 0.6 is 15.9 Å². The Morgan fingerprint density at radius 2 is 2.18 bits per heavy atom. The van der Waals surface area contributed by atoms with E-state index in [1.807, 2.05) is 0 Å². The number of benzene rings is 1. The summed E-state index contributed by atoms with van der Waals surface area (Å²) < 4.78 is 5.25. The van der Waals surface area contributed by atoms with Gasteiger partial charge in [-0.05, 0) is 23.8 Å². The molecule has 0 aromatic heterocycles. The van der Waals surface area contributed by atoms with Crippen molar-refractivity contribution in [3.8, 4) is 0 Å². The average molecular weight is 299 g/mol. The van der Waals surface area contributed by atoms with Gasteiger partial charge in [-0.1, -0.05) is 28.1 Å². The van der Waals surface area contributed by atoms with Gasteiger partial charge in [0.05, 0.1) is 19.1 Å². The van der Waals surface area contributed by atoms with Gasteiger partial charge in [-0.15, -0.1) is 0 Å². The lowest BCUT2D eigenvalue weighted by atomic mass is 10.1. The van der Waals surface area contributed by atoms with Gasteiger partial charge in [0.1, 0.15) is 0 Å². The van der Waals surface area contributed by atoms with Crippen molar-refractivity contribution in [2.45, 2.75) is 6.42 Å². The molecule has 0 unspecified atom stereocenters. The van der Waals surface area contributed by atoms with Crippen LogP contribution in [0.1, 0.15) is 22.3 Å². The third kappa shape index (κ3) is 4.03. The van der Waals surface area contributed by atoms with Crippen molar-refractivity contribution < 1.29 is 19.4 Å². The second kappa shape index (κ2) is 6.20. The minimum absolute atomic E-state index is 0.113. The molecule has 0 spiro atoms. The van der Waals surface area contributed by atoms with Crippen LogP contribution in [0.15, 0.2) is 28.7 Å². The molecule has 1 rings (SSSR count). The molecule has 0 aliphatic carbocycles. The van der Waals surface area contributed by atoms with Crippen LogP contribution in [0.3, 0.4) is 0 Å². The Bertz CT molecular complexity index is 466. The van der Waals surface area contributed by atoms with E-state index in [2.05, 4.69) is 20.7 Å². The number of methoxy groups -OCH3 is 1. The minimum Gasteiger partial charge on any atom is -0.478 e. The Hall–Kier alpha value is -1.62. The molecule has 0 heterocycles. The number of hydrogen-bond donors (Lipinski definition) is 1. The van der Waals surface area contributed by atoms with Crippen molar-refractivity contribution in [3.05, 3.63) is 39.9 Å². The van der Waals surface area contributed by atoms with Crippen molar-refractivity contribution in [3.63, 3.8) is 0 Å². The Labute approximate surface area is 107 Å². The molecule has 0 fully saturated rings. The SMILES string of the molecule is COC(=O)CC=Cc1cc(Br)ccc1C(=O)O. The van der Waals surface area contributed by atoms with E-state index in [-0.39, 0.29) is 18.0 Å². The third-order valence-electron chi connectivity index (χ3n) is 2.05. The molecule has 0 saturated heterocycles. The first-order chi connectivity index (χ1) is 8.04. The van der Waals surface area contributed by atoms with E-state index in [1.165, 1.54) is 13.2 Å². The highest BCUT2D eigenvalue weighted by Gasteiger charge is 2.07. The van der Waals surface area contributed by atoms with Crippen LogP contribution in [0, 0.1) is 0 Å². The van der Waals surface area contributed by atoms with Crippen LogP contribution in [0.5, 0.6) is 0 Å². The summed E-state index contributed by atoms with van der Waals surface area (Å²) in [6.07, 6.45) is 3.27. The minimum atomic E-state index is -1.00. The maximum Gasteiger partial charge on any atom is 0.336 e. The van der Waals surface area contributed by atoms with Gasteiger partial charge in [0.25, 0.3) is 0 Å². The van der Waals surface area contributed by atoms with E-state index >= 15 is 0 Å². The fraction of sp³-hybridized carbons (Fsp3) is 0.167. The Kier molecular flexibility index (Phi) is 4.90. The summed E-state index contributed by atoms with van der Waals surface area (Å²) >= 11 is 3.26. The molecular formula is C12H11BrO4. The fourth-order valence-electron chi connectivity index (χ4n) is 1.23. The van der Waals surface area contributed by atoms with E-state index in [0.29, 0.717) is 5.56 Å². The largest absolute Gasteiger partial charge is 0.478 e. The number of carbonyl (C=O) groups is 2. The molecule has 0 bridgehead atoms. The van der Waals surface area contributed by atoms with E-state index in [0.717, 1.165) is 4.47 Å². The molecule has 0 saturated carbocycles. The summed E-state index contributed by atoms with van der Waals surface area (Å²) in [5, 5.41) is 8.97. The van der Waals surface area contributed by atoms with Gasteiger partial charge >= 0.3 is 11.9 Å². The number of ether oxygens (including phenoxy) is 1. The number of aromatic carboxylic acids is 1. The first-order valence-corrected chi connectivity index (χ1v) is 5.60. The van der Waals surface area contributed by atoms with E-state index < -0.39 is 5.97 Å². The zero-order chi connectivity index (χ0) is 12.8. The molecule has 0 amide bonds. The monoisotopic (exact) mass is 298 g/mol. The molecule has 0 radical (unpaired) electrons. The van der Waals surface area contributed by atoms with Crippen molar-refractivity contribution in [2.75, 3.05) is 7.11 Å². The van der Waals surface area contributed by atoms with Crippen molar-refractivity contribution in [2.24, 2.45) is 0 Å². The summed E-state index contributed by atoms with van der Waals surface area (Å²) in [6.45, 7) is 0. The molecule has 17 heavy (non-hydrogen) atoms. The van der Waals surface area contributed by atoms with E-state index in [9.17, 15) is 9.59 Å². The summed E-state index contributed by atoms with van der Waals surface area (Å²) in [5.41, 5.74) is 0.727. The van der Waals surface area contributed by atoms with Crippen molar-refractivity contribution in [1.82, 2.24) is 0 Å². The number of hydrogen-bond acceptors (Lipinski definition) is 3. The van der Waals surface area contributed by atoms with Crippen LogP contribution in [0.2, 0.25) is 0 Å². The topological polar surface area (TPSA) is 63.6 Å². The van der Waals surface area contributed by atoms with Gasteiger partial charge in [0.15, 0.2) is 0 Å². The lowest BCUT2D eigenvalue weighted by Crippen LogP contribution is -2.00. The second-order valence-electron chi connectivity index (χ2n) is 3.22. The van der Waals surface area contributed by atoms with Gasteiger partial charge in [0.2, 0.25) is 0 Å². The van der Waals surface area contributed by atoms with Crippen LogP contribution < -0.4 is 0 Å². The highest BCUT2D eigenvalue weighted by molar-refractivity contribution is 9.10. The highest BCUT2D eigenvalue weighted by Crippen LogP contribution is 2.18. The summed E-state index contributed by atoms with van der Waals surface area (Å²) in [6, 6.07) is 4.84. The lowest BCUT2D eigenvalue weighted by molar-refractivity contribution is -0.139. The summed E-state index contributed by atoms with van der Waals surface area (Å²) in [5.74, 6) is -1.37. The number of halogens is 1. The predicted molar refractivity (Wildman–Crippen MR) is 66.8 cm³/mol. The third-order valence-corrected chi connectivity index (χ3v) is 2.55. The first kappa shape index (κ1) is 13.4. The predicted octanol–water partition coefficient (Wildman–Crippen LogP) is 2.72. The molecule has 5 heteroatoms. The summed E-state index contributed by atoms with van der Waals surface area (Å²) in [7, 11) is 1.30. The molecular weight excluding hydrogens is 288 g/mol. The van der Waals surface area contributed by atoms with Crippen LogP contribution in [-0.4, -0.2) is 24.2 Å². The zero-order valence-electron chi connectivity index (χ0n) is 9.14. The normalized spacial score (nSPS) is 10.5. The van der Waals surface area contributed by atoms with Crippen LogP contribution in [0.4, 0.5) is 0 Å². The number of esters is 1. The smallest absolute Gasteiger partial charge is 0.336 e. The van der Waals surface area contributed by atoms with E-state index in [1.54, 1.807) is 24.3 Å². The maximum atomic E-state index is 10.9. The number of carbonyl (C=O) groups excluding carboxylic acids is 1. The van der Waals surface area contributed by atoms with Gasteiger partial charge in [-0.3, -0.25) is 4.79 Å². The Balaban J connectivity index is 2.92. The van der Waals surface area contributed by atoms with Gasteiger partial charge < -0.3 is 9.84 Å². The molecule has 1 aromatic rings. The molecule has 0 aliphatic rings. The zero-order valence-corrected chi connectivity index (χ0v) is 10.7. The van der Waals surface area contributed by atoms with E-state index in [4.69, 9.17) is 5.11 Å². The molecule has 1 aromatic carbocycles. The molecule has 0 atom stereocenters. The lowest BCUT2D eigenvalue weighted by Gasteiger charge is -2.01. The van der Waals surface area contributed by atoms with Crippen molar-refractivity contribution >= 4 is 33.9 Å². The standard InChI is InChI=1S/C12H11BrO4/c1-17-11(14)4-2-3-8-7-9(13)5-6-10(8)12(15)16/h2-3,5-7H,4H2,1H3,(H,15,16). The highest BCUT2D eigenvalue weighted by atomic mass is 79.9. The molecule has 90 valence electrons. The summed E-state index contributed by atoms with van der Waals surface area (Å²) in [4.78, 5) is 21.8. The first-order valence-electron chi connectivity index (χ1n) is 4.81. The fourth-order valence-corrected chi connectivity index (χ4v) is 1.61. The number of carboxylic acid groups (broad SMARTS) is 1. The Morgan fingerprint density at radius 1 is 1.47 bits per heavy atom. The van der Waals surface area contributed by atoms with Gasteiger partial charge in [-0.25, -0.2) is 4.79 Å². The van der Waals surface area contributed by atoms with Gasteiger partial charge in [0, 0.05) is 4.47 Å². The molecule has 0 aliphatic heterocycles. The van der Waals surface area contributed by atoms with Crippen LogP contribution in [-0.2, 0) is 9.53 Å². The quantitative estimate of drug-likeness (QED) is 0.868. The number of rotatable bonds is 4. The Morgan fingerprint density at radius 3 is 2.76 bits per heavy atom. The second-order valence-corrected chi connectivity index (χ2v) is 4.14. The maximum absolute atomic E-state index is 10.9. The average Bonchev–Trinajstić information content (AvgIpc) is 2.28. The number of carboxylic acids is 1.